The van der Waals surface area contributed by atoms with Gasteiger partial charge in [-0.3, -0.25) is 9.59 Å². The van der Waals surface area contributed by atoms with Crippen molar-refractivity contribution in [1.29, 1.82) is 0 Å². The van der Waals surface area contributed by atoms with Gasteiger partial charge in [-0.25, -0.2) is 0 Å². The number of methoxy groups -OCH3 is 1. The molecule has 2 rings (SSSR count). The maximum atomic E-state index is 12.5. The molecule has 0 saturated heterocycles. The summed E-state index contributed by atoms with van der Waals surface area (Å²) in [5, 5.41) is 21.0. The summed E-state index contributed by atoms with van der Waals surface area (Å²) in [5.41, 5.74) is 2.06. The molecule has 1 aliphatic carbocycles. The van der Waals surface area contributed by atoms with Gasteiger partial charge in [-0.2, -0.15) is 11.8 Å². The fourth-order valence-electron chi connectivity index (χ4n) is 4.57. The summed E-state index contributed by atoms with van der Waals surface area (Å²) in [6.07, 6.45) is 7.43. The van der Waals surface area contributed by atoms with Crippen LogP contribution in [-0.2, 0) is 36.8 Å². The second-order valence-electron chi connectivity index (χ2n) is 9.88. The number of rotatable bonds is 20. The second-order valence-corrected chi connectivity index (χ2v) is 11.1. The highest BCUT2D eigenvalue weighted by molar-refractivity contribution is 7.99. The van der Waals surface area contributed by atoms with E-state index in [-0.39, 0.29) is 30.0 Å². The standard InChI is InChI=1S/C30H46O7S/c1-3-4-14-36-15-7-16-37-30(34)10-6-17-38-18-13-27-26(28(32)21-29(27)33)12-11-25(31)20-23-8-5-9-24(19-23)22-35-2/h5,8-9,11-12,19,25-28,31-32H,3-4,6-7,10,13-18,20-22H2,1-2H3/b12-11+/t25-,26+,27-,28-/m1/s1. The summed E-state index contributed by atoms with van der Waals surface area (Å²) >= 11 is 1.71. The third kappa shape index (κ3) is 12.9. The Morgan fingerprint density at radius 3 is 2.74 bits per heavy atom. The van der Waals surface area contributed by atoms with Crippen LogP contribution in [0, 0.1) is 11.8 Å². The number of aliphatic hydroxyl groups excluding tert-OH is 2. The quantitative estimate of drug-likeness (QED) is 0.139. The van der Waals surface area contributed by atoms with Crippen molar-refractivity contribution in [2.75, 3.05) is 38.4 Å². The number of ether oxygens (including phenoxy) is 3. The number of unbranched alkanes of at least 4 members (excludes halogenated alkanes) is 1. The van der Waals surface area contributed by atoms with Crippen molar-refractivity contribution < 1.29 is 34.0 Å². The van der Waals surface area contributed by atoms with Gasteiger partial charge in [-0.15, -0.1) is 0 Å². The van der Waals surface area contributed by atoms with Crippen LogP contribution in [0.4, 0.5) is 0 Å². The molecule has 2 N–H and O–H groups in total. The van der Waals surface area contributed by atoms with Crippen LogP contribution in [0.1, 0.15) is 63.0 Å². The number of benzene rings is 1. The fraction of sp³-hybridized carbons (Fsp3) is 0.667. The molecule has 0 bridgehead atoms. The molecule has 1 aromatic rings. The third-order valence-corrected chi connectivity index (χ3v) is 7.72. The van der Waals surface area contributed by atoms with E-state index in [9.17, 15) is 19.8 Å². The van der Waals surface area contributed by atoms with E-state index in [0.29, 0.717) is 39.1 Å². The molecule has 1 aliphatic rings. The average Bonchev–Trinajstić information content (AvgIpc) is 3.16. The van der Waals surface area contributed by atoms with Crippen LogP contribution in [0.5, 0.6) is 0 Å². The van der Waals surface area contributed by atoms with E-state index in [1.54, 1.807) is 24.9 Å². The molecule has 214 valence electrons. The molecule has 1 aromatic carbocycles. The van der Waals surface area contributed by atoms with Gasteiger partial charge in [0.2, 0.25) is 0 Å². The number of hydrogen-bond donors (Lipinski definition) is 2. The van der Waals surface area contributed by atoms with Crippen molar-refractivity contribution in [3.8, 4) is 0 Å². The summed E-state index contributed by atoms with van der Waals surface area (Å²) in [6, 6.07) is 7.91. The molecule has 4 atom stereocenters. The van der Waals surface area contributed by atoms with Gasteiger partial charge >= 0.3 is 5.97 Å². The van der Waals surface area contributed by atoms with Crippen LogP contribution in [0.3, 0.4) is 0 Å². The van der Waals surface area contributed by atoms with Crippen molar-refractivity contribution in [2.24, 2.45) is 11.8 Å². The first-order valence-electron chi connectivity index (χ1n) is 13.9. The molecule has 0 amide bonds. The normalized spacial score (nSPS) is 20.3. The third-order valence-electron chi connectivity index (χ3n) is 6.62. The van der Waals surface area contributed by atoms with E-state index in [1.807, 2.05) is 30.3 Å². The Labute approximate surface area is 232 Å². The molecule has 1 fully saturated rings. The van der Waals surface area contributed by atoms with Gasteiger partial charge in [-0.05, 0) is 41.9 Å². The molecular formula is C30H46O7S. The van der Waals surface area contributed by atoms with Gasteiger partial charge in [-0.1, -0.05) is 49.8 Å². The van der Waals surface area contributed by atoms with Crippen molar-refractivity contribution >= 4 is 23.5 Å². The van der Waals surface area contributed by atoms with Gasteiger partial charge in [0.25, 0.3) is 0 Å². The van der Waals surface area contributed by atoms with Crippen LogP contribution in [0.2, 0.25) is 0 Å². The van der Waals surface area contributed by atoms with Gasteiger partial charge < -0.3 is 24.4 Å². The zero-order chi connectivity index (χ0) is 27.6. The SMILES string of the molecule is CCCCOCCCOC(=O)CCCSCC[C@H]1C(=O)C[C@@H](O)[C@H]1/C=C/[C@@H](O)Cc1cccc(COC)c1. The Hall–Kier alpha value is -1.71. The number of carbonyl (C=O) groups excluding carboxylic acids is 2. The molecule has 0 spiro atoms. The number of Topliss-reactive ketones (excluding diaryl/α,β-unsaturated/α-hetero) is 1. The van der Waals surface area contributed by atoms with E-state index in [2.05, 4.69) is 6.92 Å². The lowest BCUT2D eigenvalue weighted by molar-refractivity contribution is -0.144. The maximum Gasteiger partial charge on any atom is 0.305 e. The summed E-state index contributed by atoms with van der Waals surface area (Å²) in [5.74, 6) is 0.986. The number of thioether (sulfide) groups is 1. The van der Waals surface area contributed by atoms with Gasteiger partial charge in [0.15, 0.2) is 0 Å². The molecule has 1 saturated carbocycles. The highest BCUT2D eigenvalue weighted by atomic mass is 32.2. The number of esters is 1. The first kappa shape index (κ1) is 32.5. The summed E-state index contributed by atoms with van der Waals surface area (Å²) in [7, 11) is 1.65. The van der Waals surface area contributed by atoms with Gasteiger partial charge in [0, 0.05) is 57.8 Å². The summed E-state index contributed by atoms with van der Waals surface area (Å²) in [4.78, 5) is 24.3. The summed E-state index contributed by atoms with van der Waals surface area (Å²) < 4.78 is 15.9. The van der Waals surface area contributed by atoms with E-state index < -0.39 is 12.2 Å². The molecule has 7 nitrogen and oxygen atoms in total. The Kier molecular flexibility index (Phi) is 16.6. The lowest BCUT2D eigenvalue weighted by Gasteiger charge is -2.18. The molecule has 0 radical (unpaired) electrons. The average molecular weight is 551 g/mol. The smallest absolute Gasteiger partial charge is 0.305 e. The number of ketones is 1. The lowest BCUT2D eigenvalue weighted by atomic mass is 9.91. The van der Waals surface area contributed by atoms with E-state index in [1.165, 1.54) is 0 Å². The fourth-order valence-corrected chi connectivity index (χ4v) is 5.54. The predicted octanol–water partition coefficient (Wildman–Crippen LogP) is 4.51. The van der Waals surface area contributed by atoms with Crippen LogP contribution in [0.15, 0.2) is 36.4 Å². The second kappa shape index (κ2) is 19.4. The molecule has 0 heterocycles. The highest BCUT2D eigenvalue weighted by Gasteiger charge is 2.39. The first-order valence-corrected chi connectivity index (χ1v) is 15.0. The molecule has 0 unspecified atom stereocenters. The molecule has 8 heteroatoms. The first-order chi connectivity index (χ1) is 18.4. The molecule has 0 aromatic heterocycles. The lowest BCUT2D eigenvalue weighted by Crippen LogP contribution is -2.20. The van der Waals surface area contributed by atoms with Crippen molar-refractivity contribution in [3.63, 3.8) is 0 Å². The Balaban J connectivity index is 1.64. The Morgan fingerprint density at radius 1 is 1.16 bits per heavy atom. The number of carbonyl (C=O) groups is 2. The van der Waals surface area contributed by atoms with Crippen molar-refractivity contribution in [2.45, 2.75) is 77.1 Å². The highest BCUT2D eigenvalue weighted by Crippen LogP contribution is 2.34. The van der Waals surface area contributed by atoms with Crippen molar-refractivity contribution in [3.05, 3.63) is 47.5 Å². The largest absolute Gasteiger partial charge is 0.466 e. The van der Waals surface area contributed by atoms with Gasteiger partial charge in [0.1, 0.15) is 5.78 Å². The summed E-state index contributed by atoms with van der Waals surface area (Å²) in [6.45, 7) is 4.42. The van der Waals surface area contributed by atoms with Crippen molar-refractivity contribution in [1.82, 2.24) is 0 Å². The maximum absolute atomic E-state index is 12.5. The monoisotopic (exact) mass is 550 g/mol. The zero-order valence-corrected chi connectivity index (χ0v) is 23.8. The van der Waals surface area contributed by atoms with E-state index in [4.69, 9.17) is 14.2 Å². The van der Waals surface area contributed by atoms with Crippen LogP contribution >= 0.6 is 11.8 Å². The minimum absolute atomic E-state index is 0.0803. The molecule has 0 aliphatic heterocycles. The molecular weight excluding hydrogens is 504 g/mol. The zero-order valence-electron chi connectivity index (χ0n) is 23.0. The van der Waals surface area contributed by atoms with Crippen LogP contribution in [0.25, 0.3) is 0 Å². The van der Waals surface area contributed by atoms with E-state index in [0.717, 1.165) is 54.9 Å². The topological polar surface area (TPSA) is 102 Å². The minimum Gasteiger partial charge on any atom is -0.466 e. The Morgan fingerprint density at radius 2 is 1.95 bits per heavy atom. The molecule has 38 heavy (non-hydrogen) atoms. The Bertz CT molecular complexity index is 844. The predicted molar refractivity (Wildman–Crippen MR) is 151 cm³/mol. The van der Waals surface area contributed by atoms with Crippen LogP contribution < -0.4 is 0 Å². The number of aliphatic hydroxyl groups is 2. The van der Waals surface area contributed by atoms with E-state index >= 15 is 0 Å². The van der Waals surface area contributed by atoms with Crippen LogP contribution in [-0.4, -0.2) is 72.6 Å². The number of hydrogen-bond acceptors (Lipinski definition) is 8. The van der Waals surface area contributed by atoms with Gasteiger partial charge in [0.05, 0.1) is 25.4 Å². The minimum atomic E-state index is -0.710.